The normalized spacial score (nSPS) is 14.1. The molecule has 0 saturated carbocycles. The average Bonchev–Trinajstić information content (AvgIpc) is 2.63. The molecule has 0 radical (unpaired) electrons. The predicted octanol–water partition coefficient (Wildman–Crippen LogP) is 0.00460. The number of methoxy groups -OCH3 is 1. The quantitative estimate of drug-likeness (QED) is 0.528. The van der Waals surface area contributed by atoms with E-state index in [0.717, 1.165) is 18.5 Å². The highest BCUT2D eigenvalue weighted by atomic mass is 16.5. The van der Waals surface area contributed by atoms with Crippen molar-refractivity contribution in [2.24, 2.45) is 12.9 Å². The van der Waals surface area contributed by atoms with Crippen molar-refractivity contribution in [2.75, 3.05) is 7.11 Å². The Hall–Kier alpha value is -0.980. The summed E-state index contributed by atoms with van der Waals surface area (Å²) in [6.45, 7) is 4.07. The first-order valence-corrected chi connectivity index (χ1v) is 5.33. The van der Waals surface area contributed by atoms with E-state index in [1.165, 1.54) is 0 Å². The molecule has 1 atom stereocenters. The lowest BCUT2D eigenvalue weighted by Crippen LogP contribution is -2.42. The number of hydrazine groups is 1. The minimum absolute atomic E-state index is 0.131. The Bertz CT molecular complexity index is 323. The van der Waals surface area contributed by atoms with Crippen LogP contribution in [0.25, 0.3) is 0 Å². The molecule has 1 rings (SSSR count). The molecular weight excluding hydrogens is 206 g/mol. The molecule has 1 aromatic heterocycles. The molecule has 0 bridgehead atoms. The van der Waals surface area contributed by atoms with Crippen LogP contribution >= 0.6 is 0 Å². The number of ether oxygens (including phenoxy) is 1. The van der Waals surface area contributed by atoms with Crippen LogP contribution in [-0.2, 0) is 18.2 Å². The van der Waals surface area contributed by atoms with Crippen molar-refractivity contribution < 1.29 is 4.74 Å². The summed E-state index contributed by atoms with van der Waals surface area (Å²) in [7, 11) is 3.55. The number of nitrogens with one attached hydrogen (secondary N) is 1. The van der Waals surface area contributed by atoms with E-state index < -0.39 is 0 Å². The standard InChI is InChI=1S/C10H21N5O/c1-10(2,16-4)6-8(12-11)5-9-7-15(3)14-13-9/h7-8,12H,5-6,11H2,1-4H3. The summed E-state index contributed by atoms with van der Waals surface area (Å²) in [6.07, 6.45) is 3.46. The molecule has 0 spiro atoms. The van der Waals surface area contributed by atoms with Crippen molar-refractivity contribution in [3.8, 4) is 0 Å². The van der Waals surface area contributed by atoms with Gasteiger partial charge in [0.25, 0.3) is 0 Å². The first kappa shape index (κ1) is 13.1. The monoisotopic (exact) mass is 227 g/mol. The van der Waals surface area contributed by atoms with Gasteiger partial charge in [0.05, 0.1) is 11.3 Å². The first-order valence-electron chi connectivity index (χ1n) is 5.33. The molecule has 6 nitrogen and oxygen atoms in total. The number of aryl methyl sites for hydroxylation is 1. The summed E-state index contributed by atoms with van der Waals surface area (Å²) < 4.78 is 7.06. The van der Waals surface area contributed by atoms with Gasteiger partial charge in [-0.1, -0.05) is 5.21 Å². The number of hydrogen-bond acceptors (Lipinski definition) is 5. The van der Waals surface area contributed by atoms with Crippen LogP contribution < -0.4 is 11.3 Å². The Morgan fingerprint density at radius 2 is 2.31 bits per heavy atom. The Kier molecular flexibility index (Phi) is 4.40. The largest absolute Gasteiger partial charge is 0.379 e. The second kappa shape index (κ2) is 5.38. The SMILES string of the molecule is COC(C)(C)CC(Cc1cn(C)nn1)NN. The second-order valence-electron chi connectivity index (χ2n) is 4.62. The second-order valence-corrected chi connectivity index (χ2v) is 4.62. The van der Waals surface area contributed by atoms with Crippen molar-refractivity contribution in [3.05, 3.63) is 11.9 Å². The summed E-state index contributed by atoms with van der Waals surface area (Å²) in [4.78, 5) is 0. The summed E-state index contributed by atoms with van der Waals surface area (Å²) in [5, 5.41) is 7.92. The fourth-order valence-electron chi connectivity index (χ4n) is 1.61. The summed E-state index contributed by atoms with van der Waals surface area (Å²) >= 11 is 0. The van der Waals surface area contributed by atoms with Gasteiger partial charge in [-0.3, -0.25) is 16.0 Å². The van der Waals surface area contributed by atoms with E-state index in [1.807, 2.05) is 27.1 Å². The van der Waals surface area contributed by atoms with E-state index in [9.17, 15) is 0 Å². The fraction of sp³-hybridized carbons (Fsp3) is 0.800. The van der Waals surface area contributed by atoms with Crippen molar-refractivity contribution in [3.63, 3.8) is 0 Å². The highest BCUT2D eigenvalue weighted by Gasteiger charge is 2.22. The topological polar surface area (TPSA) is 78.0 Å². The van der Waals surface area contributed by atoms with Gasteiger partial charge < -0.3 is 4.74 Å². The highest BCUT2D eigenvalue weighted by Crippen LogP contribution is 2.17. The van der Waals surface area contributed by atoms with Crippen molar-refractivity contribution in [1.82, 2.24) is 20.4 Å². The summed E-state index contributed by atoms with van der Waals surface area (Å²) in [5.41, 5.74) is 3.53. The van der Waals surface area contributed by atoms with Crippen LogP contribution in [0.2, 0.25) is 0 Å². The number of aromatic nitrogens is 3. The molecule has 0 saturated heterocycles. The van der Waals surface area contributed by atoms with Crippen LogP contribution in [0.4, 0.5) is 0 Å². The zero-order valence-electron chi connectivity index (χ0n) is 10.4. The highest BCUT2D eigenvalue weighted by molar-refractivity contribution is 4.96. The maximum absolute atomic E-state index is 5.53. The van der Waals surface area contributed by atoms with E-state index in [4.69, 9.17) is 10.6 Å². The Labute approximate surface area is 96.1 Å². The molecule has 1 aromatic rings. The third kappa shape index (κ3) is 3.88. The van der Waals surface area contributed by atoms with E-state index in [0.29, 0.717) is 0 Å². The molecule has 92 valence electrons. The van der Waals surface area contributed by atoms with Gasteiger partial charge in [-0.05, 0) is 20.3 Å². The number of nitrogens with zero attached hydrogens (tertiary/aromatic N) is 3. The summed E-state index contributed by atoms with van der Waals surface area (Å²) in [5.74, 6) is 5.53. The van der Waals surface area contributed by atoms with Gasteiger partial charge in [-0.2, -0.15) is 0 Å². The van der Waals surface area contributed by atoms with Gasteiger partial charge in [-0.15, -0.1) is 5.10 Å². The molecule has 0 aliphatic heterocycles. The van der Waals surface area contributed by atoms with Gasteiger partial charge in [0, 0.05) is 32.8 Å². The third-order valence-corrected chi connectivity index (χ3v) is 2.63. The Morgan fingerprint density at radius 3 is 2.75 bits per heavy atom. The molecule has 16 heavy (non-hydrogen) atoms. The van der Waals surface area contributed by atoms with Gasteiger partial charge >= 0.3 is 0 Å². The molecule has 6 heteroatoms. The maximum atomic E-state index is 5.53. The molecule has 0 fully saturated rings. The van der Waals surface area contributed by atoms with E-state index in [1.54, 1.807) is 11.8 Å². The number of rotatable bonds is 6. The van der Waals surface area contributed by atoms with Crippen molar-refractivity contribution in [2.45, 2.75) is 38.3 Å². The molecule has 1 heterocycles. The van der Waals surface area contributed by atoms with Crippen LogP contribution in [0.3, 0.4) is 0 Å². The van der Waals surface area contributed by atoms with Crippen LogP contribution in [0, 0.1) is 0 Å². The molecule has 0 amide bonds. The first-order chi connectivity index (χ1) is 7.46. The predicted molar refractivity (Wildman–Crippen MR) is 61.5 cm³/mol. The van der Waals surface area contributed by atoms with Crippen molar-refractivity contribution >= 4 is 0 Å². The van der Waals surface area contributed by atoms with E-state index >= 15 is 0 Å². The van der Waals surface area contributed by atoms with Gasteiger partial charge in [-0.25, -0.2) is 0 Å². The van der Waals surface area contributed by atoms with Gasteiger partial charge in [0.1, 0.15) is 0 Å². The Balaban J connectivity index is 2.55. The molecule has 0 aromatic carbocycles. The smallest absolute Gasteiger partial charge is 0.0843 e. The summed E-state index contributed by atoms with van der Waals surface area (Å²) in [6, 6.07) is 0.131. The minimum Gasteiger partial charge on any atom is -0.379 e. The zero-order valence-corrected chi connectivity index (χ0v) is 10.4. The lowest BCUT2D eigenvalue weighted by molar-refractivity contribution is 0.00703. The number of hydrogen-bond donors (Lipinski definition) is 2. The molecule has 3 N–H and O–H groups in total. The molecular formula is C10H21N5O. The van der Waals surface area contributed by atoms with Crippen LogP contribution in [0.15, 0.2) is 6.20 Å². The fourth-order valence-corrected chi connectivity index (χ4v) is 1.61. The van der Waals surface area contributed by atoms with Crippen molar-refractivity contribution in [1.29, 1.82) is 0 Å². The Morgan fingerprint density at radius 1 is 1.62 bits per heavy atom. The van der Waals surface area contributed by atoms with E-state index in [-0.39, 0.29) is 11.6 Å². The van der Waals surface area contributed by atoms with Crippen LogP contribution in [0.5, 0.6) is 0 Å². The lowest BCUT2D eigenvalue weighted by atomic mass is 9.96. The zero-order chi connectivity index (χ0) is 12.2. The molecule has 0 aliphatic carbocycles. The third-order valence-electron chi connectivity index (χ3n) is 2.63. The average molecular weight is 227 g/mol. The molecule has 1 unspecified atom stereocenters. The van der Waals surface area contributed by atoms with Crippen LogP contribution in [-0.4, -0.2) is 33.7 Å². The van der Waals surface area contributed by atoms with Gasteiger partial charge in [0.2, 0.25) is 0 Å². The van der Waals surface area contributed by atoms with E-state index in [2.05, 4.69) is 15.7 Å². The number of nitrogens with two attached hydrogens (primary N) is 1. The lowest BCUT2D eigenvalue weighted by Gasteiger charge is -2.27. The minimum atomic E-state index is -0.195. The van der Waals surface area contributed by atoms with Crippen LogP contribution in [0.1, 0.15) is 26.0 Å². The molecule has 0 aliphatic rings. The van der Waals surface area contributed by atoms with Gasteiger partial charge in [0.15, 0.2) is 0 Å². The maximum Gasteiger partial charge on any atom is 0.0843 e.